The Morgan fingerprint density at radius 1 is 1.25 bits per heavy atom. The van der Waals surface area contributed by atoms with E-state index in [4.69, 9.17) is 0 Å². The molecule has 1 saturated carbocycles. The summed E-state index contributed by atoms with van der Waals surface area (Å²) in [6, 6.07) is 5.58. The van der Waals surface area contributed by atoms with E-state index >= 15 is 0 Å². The van der Waals surface area contributed by atoms with Crippen LogP contribution in [0.3, 0.4) is 0 Å². The summed E-state index contributed by atoms with van der Waals surface area (Å²) in [5, 5.41) is 10.1. The van der Waals surface area contributed by atoms with Crippen molar-refractivity contribution in [3.63, 3.8) is 0 Å². The van der Waals surface area contributed by atoms with Gasteiger partial charge in [-0.3, -0.25) is 4.79 Å². The van der Waals surface area contributed by atoms with Crippen molar-refractivity contribution in [1.82, 2.24) is 0 Å². The maximum atomic E-state index is 12.8. The van der Waals surface area contributed by atoms with Crippen molar-refractivity contribution >= 4 is 11.6 Å². The Morgan fingerprint density at radius 2 is 2.00 bits per heavy atom. The van der Waals surface area contributed by atoms with Gasteiger partial charge in [0.1, 0.15) is 5.75 Å². The standard InChI is InChI=1S/C17H23NO2/c1-12-7-9-14(10-8-12)17(20)18-11-3-5-13-4-2-6-15(19)16(13)18/h2,4,6,12,14,19H,3,5,7-11H2,1H3. The second-order valence-electron chi connectivity index (χ2n) is 6.34. The summed E-state index contributed by atoms with van der Waals surface area (Å²) in [6.45, 7) is 3.01. The molecular formula is C17H23NO2. The zero-order valence-corrected chi connectivity index (χ0v) is 12.1. The van der Waals surface area contributed by atoms with Gasteiger partial charge in [0.05, 0.1) is 5.69 Å². The van der Waals surface area contributed by atoms with Crippen molar-refractivity contribution in [2.45, 2.75) is 45.4 Å². The Kier molecular flexibility index (Phi) is 3.68. The number of hydrogen-bond acceptors (Lipinski definition) is 2. The lowest BCUT2D eigenvalue weighted by atomic mass is 9.82. The summed E-state index contributed by atoms with van der Waals surface area (Å²) in [5.74, 6) is 1.37. The van der Waals surface area contributed by atoms with Gasteiger partial charge in [0.2, 0.25) is 5.91 Å². The number of fused-ring (bicyclic) bond motifs is 1. The molecule has 0 aromatic heterocycles. The number of para-hydroxylation sites is 1. The molecule has 1 aliphatic carbocycles. The van der Waals surface area contributed by atoms with Crippen LogP contribution in [-0.2, 0) is 11.2 Å². The average Bonchev–Trinajstić information content (AvgIpc) is 2.47. The maximum Gasteiger partial charge on any atom is 0.230 e. The average molecular weight is 273 g/mol. The molecule has 3 rings (SSSR count). The molecule has 2 aliphatic rings. The third-order valence-corrected chi connectivity index (χ3v) is 4.83. The molecule has 1 N–H and O–H groups in total. The van der Waals surface area contributed by atoms with Crippen LogP contribution in [0.1, 0.15) is 44.6 Å². The predicted octanol–water partition coefficient (Wildman–Crippen LogP) is 3.50. The number of nitrogens with zero attached hydrogens (tertiary/aromatic N) is 1. The number of carbonyl (C=O) groups is 1. The summed E-state index contributed by atoms with van der Waals surface area (Å²) in [5.41, 5.74) is 1.87. The summed E-state index contributed by atoms with van der Waals surface area (Å²) in [6.07, 6.45) is 6.25. The highest BCUT2D eigenvalue weighted by atomic mass is 16.3. The number of rotatable bonds is 1. The molecule has 1 aliphatic heterocycles. The normalized spacial score (nSPS) is 26.1. The van der Waals surface area contributed by atoms with Crippen molar-refractivity contribution in [3.05, 3.63) is 23.8 Å². The van der Waals surface area contributed by atoms with Crippen LogP contribution in [0, 0.1) is 11.8 Å². The zero-order chi connectivity index (χ0) is 14.1. The van der Waals surface area contributed by atoms with Gasteiger partial charge >= 0.3 is 0 Å². The molecule has 0 bridgehead atoms. The van der Waals surface area contributed by atoms with E-state index in [0.717, 1.165) is 62.2 Å². The van der Waals surface area contributed by atoms with Crippen molar-refractivity contribution in [2.24, 2.45) is 11.8 Å². The van der Waals surface area contributed by atoms with E-state index < -0.39 is 0 Å². The van der Waals surface area contributed by atoms with Crippen LogP contribution >= 0.6 is 0 Å². The number of amides is 1. The largest absolute Gasteiger partial charge is 0.506 e. The van der Waals surface area contributed by atoms with Crippen molar-refractivity contribution in [1.29, 1.82) is 0 Å². The lowest BCUT2D eigenvalue weighted by Gasteiger charge is -2.34. The first kappa shape index (κ1) is 13.5. The smallest absolute Gasteiger partial charge is 0.230 e. The molecule has 1 amide bonds. The molecule has 0 radical (unpaired) electrons. The summed E-state index contributed by atoms with van der Waals surface area (Å²) < 4.78 is 0. The third kappa shape index (κ3) is 2.41. The Labute approximate surface area is 120 Å². The van der Waals surface area contributed by atoms with Gasteiger partial charge < -0.3 is 10.0 Å². The predicted molar refractivity (Wildman–Crippen MR) is 79.9 cm³/mol. The molecule has 1 heterocycles. The minimum absolute atomic E-state index is 0.150. The minimum atomic E-state index is 0.150. The van der Waals surface area contributed by atoms with Crippen LogP contribution in [0.25, 0.3) is 0 Å². The van der Waals surface area contributed by atoms with E-state index in [0.29, 0.717) is 0 Å². The highest BCUT2D eigenvalue weighted by Gasteiger charge is 2.32. The molecule has 0 saturated heterocycles. The van der Waals surface area contributed by atoms with Gasteiger partial charge in [0.15, 0.2) is 0 Å². The Morgan fingerprint density at radius 3 is 2.75 bits per heavy atom. The van der Waals surface area contributed by atoms with Gasteiger partial charge in [-0.25, -0.2) is 0 Å². The monoisotopic (exact) mass is 273 g/mol. The van der Waals surface area contributed by atoms with Crippen LogP contribution < -0.4 is 4.90 Å². The van der Waals surface area contributed by atoms with Crippen LogP contribution in [0.4, 0.5) is 5.69 Å². The van der Waals surface area contributed by atoms with E-state index in [2.05, 4.69) is 6.92 Å². The van der Waals surface area contributed by atoms with E-state index in [1.807, 2.05) is 17.0 Å². The van der Waals surface area contributed by atoms with Crippen molar-refractivity contribution in [3.8, 4) is 5.75 Å². The van der Waals surface area contributed by atoms with Crippen molar-refractivity contribution < 1.29 is 9.90 Å². The fourth-order valence-electron chi connectivity index (χ4n) is 3.58. The van der Waals surface area contributed by atoms with Gasteiger partial charge in [0, 0.05) is 12.5 Å². The molecule has 20 heavy (non-hydrogen) atoms. The lowest BCUT2D eigenvalue weighted by Crippen LogP contribution is -2.40. The number of aromatic hydroxyl groups is 1. The maximum absolute atomic E-state index is 12.8. The molecule has 3 heteroatoms. The van der Waals surface area contributed by atoms with Gasteiger partial charge in [-0.05, 0) is 56.1 Å². The number of anilines is 1. The number of benzene rings is 1. The highest BCUT2D eigenvalue weighted by Crippen LogP contribution is 2.38. The Hall–Kier alpha value is -1.51. The number of phenolic OH excluding ortho intramolecular Hbond substituents is 1. The van der Waals surface area contributed by atoms with Crippen LogP contribution in [0.15, 0.2) is 18.2 Å². The van der Waals surface area contributed by atoms with Gasteiger partial charge in [-0.2, -0.15) is 0 Å². The fourth-order valence-corrected chi connectivity index (χ4v) is 3.58. The van der Waals surface area contributed by atoms with Gasteiger partial charge in [-0.15, -0.1) is 0 Å². The first-order valence-corrected chi connectivity index (χ1v) is 7.79. The Bertz CT molecular complexity index is 504. The number of hydrogen-bond donors (Lipinski definition) is 1. The fraction of sp³-hybridized carbons (Fsp3) is 0.588. The van der Waals surface area contributed by atoms with Gasteiger partial charge in [0.25, 0.3) is 0 Å². The molecule has 0 unspecified atom stereocenters. The quantitative estimate of drug-likeness (QED) is 0.850. The third-order valence-electron chi connectivity index (χ3n) is 4.83. The molecular weight excluding hydrogens is 250 g/mol. The second kappa shape index (κ2) is 5.47. The topological polar surface area (TPSA) is 40.5 Å². The molecule has 0 spiro atoms. The molecule has 108 valence electrons. The van der Waals surface area contributed by atoms with Crippen molar-refractivity contribution in [2.75, 3.05) is 11.4 Å². The minimum Gasteiger partial charge on any atom is -0.506 e. The summed E-state index contributed by atoms with van der Waals surface area (Å²) in [7, 11) is 0. The van der Waals surface area contributed by atoms with E-state index in [1.54, 1.807) is 6.07 Å². The van der Waals surface area contributed by atoms with E-state index in [1.165, 1.54) is 0 Å². The molecule has 0 atom stereocenters. The van der Waals surface area contributed by atoms with Gasteiger partial charge in [-0.1, -0.05) is 19.1 Å². The molecule has 1 fully saturated rings. The van der Waals surface area contributed by atoms with Crippen LogP contribution in [0.2, 0.25) is 0 Å². The number of phenols is 1. The summed E-state index contributed by atoms with van der Waals surface area (Å²) in [4.78, 5) is 14.6. The summed E-state index contributed by atoms with van der Waals surface area (Å²) >= 11 is 0. The van der Waals surface area contributed by atoms with Crippen LogP contribution in [-0.4, -0.2) is 17.6 Å². The van der Waals surface area contributed by atoms with Crippen LogP contribution in [0.5, 0.6) is 5.75 Å². The second-order valence-corrected chi connectivity index (χ2v) is 6.34. The van der Waals surface area contributed by atoms with E-state index in [9.17, 15) is 9.90 Å². The lowest BCUT2D eigenvalue weighted by molar-refractivity contribution is -0.123. The zero-order valence-electron chi connectivity index (χ0n) is 12.1. The Balaban J connectivity index is 1.83. The highest BCUT2D eigenvalue weighted by molar-refractivity contribution is 5.97. The SMILES string of the molecule is CC1CCC(C(=O)N2CCCc3cccc(O)c32)CC1. The molecule has 1 aromatic carbocycles. The first-order chi connectivity index (χ1) is 9.66. The molecule has 1 aromatic rings. The van der Waals surface area contributed by atoms with E-state index in [-0.39, 0.29) is 17.6 Å². The molecule has 3 nitrogen and oxygen atoms in total. The number of aryl methyl sites for hydroxylation is 1. The first-order valence-electron chi connectivity index (χ1n) is 7.79. The number of carbonyl (C=O) groups excluding carboxylic acids is 1.